The van der Waals surface area contributed by atoms with Gasteiger partial charge in [0.1, 0.15) is 0 Å². The Bertz CT molecular complexity index is 126. The summed E-state index contributed by atoms with van der Waals surface area (Å²) in [5, 5.41) is 8.40. The summed E-state index contributed by atoms with van der Waals surface area (Å²) >= 11 is 0. The topological polar surface area (TPSA) is 33.0 Å². The highest BCUT2D eigenvalue weighted by Crippen LogP contribution is 2.04. The molecule has 0 N–H and O–H groups in total. The van der Waals surface area contributed by atoms with E-state index in [0.29, 0.717) is 12.3 Å². The molecule has 0 aromatic carbocycles. The van der Waals surface area contributed by atoms with Crippen molar-refractivity contribution < 1.29 is 4.74 Å². The molecule has 0 radical (unpaired) electrons. The Hall–Kier alpha value is -0.550. The molecule has 0 aliphatic heterocycles. The van der Waals surface area contributed by atoms with E-state index < -0.39 is 0 Å². The van der Waals surface area contributed by atoms with Crippen molar-refractivity contribution >= 4 is 0 Å². The van der Waals surface area contributed by atoms with Crippen LogP contribution in [-0.2, 0) is 4.74 Å². The predicted octanol–water partition coefficient (Wildman–Crippen LogP) is 2.35. The molecule has 0 amide bonds. The van der Waals surface area contributed by atoms with E-state index >= 15 is 0 Å². The molecule has 1 atom stereocenters. The van der Waals surface area contributed by atoms with Crippen LogP contribution in [0.2, 0.25) is 0 Å². The van der Waals surface area contributed by atoms with E-state index in [1.54, 1.807) is 0 Å². The molecule has 0 aliphatic carbocycles. The number of ether oxygens (including phenoxy) is 1. The molecule has 1 unspecified atom stereocenters. The van der Waals surface area contributed by atoms with Crippen LogP contribution in [0.5, 0.6) is 0 Å². The van der Waals surface area contributed by atoms with Gasteiger partial charge < -0.3 is 4.74 Å². The molecular formula is C9H17NO. The Balaban J connectivity index is 3.45. The second-order valence-corrected chi connectivity index (χ2v) is 3.12. The van der Waals surface area contributed by atoms with Crippen molar-refractivity contribution in [3.63, 3.8) is 0 Å². The van der Waals surface area contributed by atoms with E-state index in [1.807, 2.05) is 6.92 Å². The fourth-order valence-electron chi connectivity index (χ4n) is 0.751. The summed E-state index contributed by atoms with van der Waals surface area (Å²) in [6.45, 7) is 7.03. The maximum atomic E-state index is 8.40. The van der Waals surface area contributed by atoms with Gasteiger partial charge in [0.2, 0.25) is 0 Å². The van der Waals surface area contributed by atoms with Gasteiger partial charge in [0.05, 0.1) is 18.6 Å². The second-order valence-electron chi connectivity index (χ2n) is 3.12. The molecule has 11 heavy (non-hydrogen) atoms. The van der Waals surface area contributed by atoms with Gasteiger partial charge in [-0.3, -0.25) is 0 Å². The molecule has 0 heterocycles. The maximum absolute atomic E-state index is 8.40. The van der Waals surface area contributed by atoms with Crippen LogP contribution >= 0.6 is 0 Å². The Morgan fingerprint density at radius 2 is 2.09 bits per heavy atom. The van der Waals surface area contributed by atoms with Gasteiger partial charge >= 0.3 is 0 Å². The molecule has 2 nitrogen and oxygen atoms in total. The van der Waals surface area contributed by atoms with E-state index in [2.05, 4.69) is 19.9 Å². The van der Waals surface area contributed by atoms with Crippen LogP contribution in [0.4, 0.5) is 0 Å². The lowest BCUT2D eigenvalue weighted by Crippen LogP contribution is -2.14. The van der Waals surface area contributed by atoms with Crippen molar-refractivity contribution in [3.05, 3.63) is 0 Å². The summed E-state index contributed by atoms with van der Waals surface area (Å²) < 4.78 is 5.47. The molecule has 0 spiro atoms. The van der Waals surface area contributed by atoms with Gasteiger partial charge in [0.15, 0.2) is 0 Å². The zero-order valence-electron chi connectivity index (χ0n) is 7.63. The van der Waals surface area contributed by atoms with Gasteiger partial charge in [-0.15, -0.1) is 0 Å². The lowest BCUT2D eigenvalue weighted by molar-refractivity contribution is 0.0367. The second kappa shape index (κ2) is 6.18. The van der Waals surface area contributed by atoms with Crippen molar-refractivity contribution in [2.45, 2.75) is 39.7 Å². The van der Waals surface area contributed by atoms with Crippen molar-refractivity contribution in [1.82, 2.24) is 0 Å². The summed E-state index contributed by atoms with van der Waals surface area (Å²) in [7, 11) is 0. The molecule has 0 bridgehead atoms. The monoisotopic (exact) mass is 155 g/mol. The largest absolute Gasteiger partial charge is 0.377 e. The van der Waals surface area contributed by atoms with Crippen LogP contribution in [0.3, 0.4) is 0 Å². The highest BCUT2D eigenvalue weighted by Gasteiger charge is 2.05. The van der Waals surface area contributed by atoms with Crippen molar-refractivity contribution in [2.75, 3.05) is 6.61 Å². The quantitative estimate of drug-likeness (QED) is 0.610. The molecule has 64 valence electrons. The first-order chi connectivity index (χ1) is 5.20. The maximum Gasteiger partial charge on any atom is 0.0702 e. The lowest BCUT2D eigenvalue weighted by Gasteiger charge is -2.13. The molecule has 0 aromatic heterocycles. The Morgan fingerprint density at radius 1 is 1.45 bits per heavy atom. The minimum atomic E-state index is 0.141. The number of nitrogens with zero attached hydrogens (tertiary/aromatic N) is 1. The highest BCUT2D eigenvalue weighted by atomic mass is 16.5. The van der Waals surface area contributed by atoms with Crippen LogP contribution in [0, 0.1) is 17.2 Å². The molecule has 0 fully saturated rings. The summed E-state index contributed by atoms with van der Waals surface area (Å²) in [6, 6.07) is 2.12. The molecule has 0 aromatic rings. The Labute approximate surface area is 69.2 Å². The zero-order valence-corrected chi connectivity index (χ0v) is 7.63. The van der Waals surface area contributed by atoms with Gasteiger partial charge in [-0.25, -0.2) is 0 Å². The Morgan fingerprint density at radius 3 is 2.45 bits per heavy atom. The van der Waals surface area contributed by atoms with Gasteiger partial charge in [0, 0.05) is 6.61 Å². The van der Waals surface area contributed by atoms with Gasteiger partial charge in [-0.05, 0) is 12.3 Å². The van der Waals surface area contributed by atoms with Crippen LogP contribution in [-0.4, -0.2) is 12.7 Å². The number of hydrogen-bond acceptors (Lipinski definition) is 2. The molecular weight excluding hydrogens is 138 g/mol. The van der Waals surface area contributed by atoms with Gasteiger partial charge in [-0.1, -0.05) is 20.8 Å². The molecule has 0 saturated heterocycles. The van der Waals surface area contributed by atoms with E-state index in [4.69, 9.17) is 10.00 Å². The average Bonchev–Trinajstić information content (AvgIpc) is 1.97. The van der Waals surface area contributed by atoms with Crippen LogP contribution in [0.25, 0.3) is 0 Å². The van der Waals surface area contributed by atoms with Crippen LogP contribution in [0.1, 0.15) is 33.6 Å². The lowest BCUT2D eigenvalue weighted by atomic mass is 10.2. The van der Waals surface area contributed by atoms with E-state index in [1.165, 1.54) is 0 Å². The summed E-state index contributed by atoms with van der Waals surface area (Å²) in [5.41, 5.74) is 0. The smallest absolute Gasteiger partial charge is 0.0702 e. The SMILES string of the molecule is CCC(CC#N)OCC(C)C. The van der Waals surface area contributed by atoms with Gasteiger partial charge in [-0.2, -0.15) is 5.26 Å². The number of rotatable bonds is 5. The normalized spacial score (nSPS) is 13.0. The minimum Gasteiger partial charge on any atom is -0.377 e. The number of hydrogen-bond donors (Lipinski definition) is 0. The van der Waals surface area contributed by atoms with Crippen molar-refractivity contribution in [1.29, 1.82) is 5.26 Å². The van der Waals surface area contributed by atoms with E-state index in [9.17, 15) is 0 Å². The summed E-state index contributed by atoms with van der Waals surface area (Å²) in [4.78, 5) is 0. The third kappa shape index (κ3) is 5.87. The fraction of sp³-hybridized carbons (Fsp3) is 0.889. The Kier molecular flexibility index (Phi) is 5.87. The van der Waals surface area contributed by atoms with Crippen molar-refractivity contribution in [2.24, 2.45) is 5.92 Å². The molecule has 0 saturated carbocycles. The van der Waals surface area contributed by atoms with Crippen LogP contribution in [0.15, 0.2) is 0 Å². The van der Waals surface area contributed by atoms with Crippen LogP contribution < -0.4 is 0 Å². The first kappa shape index (κ1) is 10.4. The predicted molar refractivity (Wildman–Crippen MR) is 45.1 cm³/mol. The minimum absolute atomic E-state index is 0.141. The molecule has 0 rings (SSSR count). The summed E-state index contributed by atoms with van der Waals surface area (Å²) in [6.07, 6.45) is 1.59. The van der Waals surface area contributed by atoms with E-state index in [0.717, 1.165) is 13.0 Å². The summed E-state index contributed by atoms with van der Waals surface area (Å²) in [5.74, 6) is 0.558. The van der Waals surface area contributed by atoms with Crippen molar-refractivity contribution in [3.8, 4) is 6.07 Å². The van der Waals surface area contributed by atoms with E-state index in [-0.39, 0.29) is 6.10 Å². The first-order valence-electron chi connectivity index (χ1n) is 4.19. The standard InChI is InChI=1S/C9H17NO/c1-4-9(5-6-10)11-7-8(2)3/h8-9H,4-5,7H2,1-3H3. The fourth-order valence-corrected chi connectivity index (χ4v) is 0.751. The van der Waals surface area contributed by atoms with Gasteiger partial charge in [0.25, 0.3) is 0 Å². The average molecular weight is 155 g/mol. The number of nitriles is 1. The molecule has 2 heteroatoms. The third-order valence-electron chi connectivity index (χ3n) is 1.44. The first-order valence-corrected chi connectivity index (χ1v) is 4.19. The third-order valence-corrected chi connectivity index (χ3v) is 1.44. The zero-order chi connectivity index (χ0) is 8.69. The molecule has 0 aliphatic rings. The highest BCUT2D eigenvalue weighted by molar-refractivity contribution is 4.75.